The first-order chi connectivity index (χ1) is 4.87. The Kier molecular flexibility index (Phi) is 0.919. The van der Waals surface area contributed by atoms with Crippen molar-refractivity contribution in [1.82, 2.24) is 0 Å². The Morgan fingerprint density at radius 3 is 2.10 bits per heavy atom. The number of ether oxygens (including phenoxy) is 1. The third-order valence-electron chi connectivity index (χ3n) is 3.72. The highest BCUT2D eigenvalue weighted by Crippen LogP contribution is 2.67. The van der Waals surface area contributed by atoms with E-state index in [0.29, 0.717) is 10.8 Å². The number of thioether (sulfide) groups is 1. The van der Waals surface area contributed by atoms with E-state index in [1.807, 2.05) is 0 Å². The molecule has 2 atom stereocenters. The smallest absolute Gasteiger partial charge is 0.0537 e. The summed E-state index contributed by atoms with van der Waals surface area (Å²) >= 11 is 2.15. The molecule has 2 saturated heterocycles. The predicted octanol–water partition coefficient (Wildman–Crippen LogP) is 1.53. The van der Waals surface area contributed by atoms with E-state index >= 15 is 0 Å². The van der Waals surface area contributed by atoms with Crippen LogP contribution < -0.4 is 0 Å². The van der Waals surface area contributed by atoms with Gasteiger partial charge in [0, 0.05) is 22.3 Å². The van der Waals surface area contributed by atoms with Gasteiger partial charge in [0.2, 0.25) is 0 Å². The van der Waals surface area contributed by atoms with Gasteiger partial charge in [-0.3, -0.25) is 0 Å². The molecule has 0 spiro atoms. The summed E-state index contributed by atoms with van der Waals surface area (Å²) in [5.41, 5.74) is 1.33. The summed E-state index contributed by atoms with van der Waals surface area (Å²) in [7, 11) is 0. The number of hydrogen-bond acceptors (Lipinski definition) is 2. The van der Waals surface area contributed by atoms with E-state index < -0.39 is 0 Å². The maximum Gasteiger partial charge on any atom is 0.0537 e. The summed E-state index contributed by atoms with van der Waals surface area (Å²) < 4.78 is 5.57. The quantitative estimate of drug-likeness (QED) is 0.526. The topological polar surface area (TPSA) is 9.23 Å². The standard InChI is InChI=1S/C8H12OS/c1-2-8-4-9-3-7(1,8)5-10-6-8/h1-6H2. The van der Waals surface area contributed by atoms with Gasteiger partial charge in [0.15, 0.2) is 0 Å². The van der Waals surface area contributed by atoms with Crippen molar-refractivity contribution in [2.45, 2.75) is 12.8 Å². The van der Waals surface area contributed by atoms with Crippen LogP contribution in [-0.2, 0) is 4.74 Å². The Morgan fingerprint density at radius 1 is 1.00 bits per heavy atom. The van der Waals surface area contributed by atoms with Gasteiger partial charge in [-0.25, -0.2) is 0 Å². The molecule has 3 rings (SSSR count). The van der Waals surface area contributed by atoms with Crippen LogP contribution >= 0.6 is 11.8 Å². The summed E-state index contributed by atoms with van der Waals surface area (Å²) in [6.07, 6.45) is 2.89. The lowest BCUT2D eigenvalue weighted by atomic mass is 9.53. The van der Waals surface area contributed by atoms with Gasteiger partial charge in [0.05, 0.1) is 13.2 Å². The van der Waals surface area contributed by atoms with E-state index in [-0.39, 0.29) is 0 Å². The van der Waals surface area contributed by atoms with Gasteiger partial charge in [0.1, 0.15) is 0 Å². The monoisotopic (exact) mass is 156 g/mol. The lowest BCUT2D eigenvalue weighted by Crippen LogP contribution is -2.49. The van der Waals surface area contributed by atoms with Gasteiger partial charge in [0.25, 0.3) is 0 Å². The lowest BCUT2D eigenvalue weighted by molar-refractivity contribution is 0.0255. The Balaban J connectivity index is 2.05. The fourth-order valence-corrected chi connectivity index (χ4v) is 4.65. The molecule has 2 unspecified atom stereocenters. The fraction of sp³-hybridized carbons (Fsp3) is 1.00. The van der Waals surface area contributed by atoms with Crippen molar-refractivity contribution in [3.05, 3.63) is 0 Å². The van der Waals surface area contributed by atoms with Crippen molar-refractivity contribution < 1.29 is 4.74 Å². The molecule has 1 aliphatic carbocycles. The molecule has 2 aliphatic heterocycles. The van der Waals surface area contributed by atoms with E-state index in [4.69, 9.17) is 4.74 Å². The van der Waals surface area contributed by atoms with Crippen molar-refractivity contribution in [1.29, 1.82) is 0 Å². The van der Waals surface area contributed by atoms with Gasteiger partial charge in [-0.1, -0.05) is 0 Å². The summed E-state index contributed by atoms with van der Waals surface area (Å²) in [5.74, 6) is 2.76. The SMILES string of the molecule is C1CC23COCC12CSC3. The van der Waals surface area contributed by atoms with E-state index in [0.717, 1.165) is 13.2 Å². The molecule has 2 heteroatoms. The maximum atomic E-state index is 5.57. The zero-order valence-corrected chi connectivity index (χ0v) is 6.88. The average Bonchev–Trinajstić information content (AvgIpc) is 2.16. The second kappa shape index (κ2) is 1.56. The Morgan fingerprint density at radius 2 is 1.60 bits per heavy atom. The molecule has 1 saturated carbocycles. The molecule has 56 valence electrons. The fourth-order valence-electron chi connectivity index (χ4n) is 2.70. The Labute approximate surface area is 65.5 Å². The van der Waals surface area contributed by atoms with Crippen molar-refractivity contribution in [2.24, 2.45) is 10.8 Å². The number of rotatable bonds is 0. The molecule has 1 nitrogen and oxygen atoms in total. The third kappa shape index (κ3) is 0.425. The molecular weight excluding hydrogens is 144 g/mol. The molecule has 0 aromatic heterocycles. The first-order valence-corrected chi connectivity index (χ1v) is 5.18. The first-order valence-electron chi connectivity index (χ1n) is 4.03. The minimum atomic E-state index is 0.664. The average molecular weight is 156 g/mol. The minimum absolute atomic E-state index is 0.664. The minimum Gasteiger partial charge on any atom is -0.380 e. The van der Waals surface area contributed by atoms with E-state index in [1.165, 1.54) is 24.3 Å². The van der Waals surface area contributed by atoms with Crippen molar-refractivity contribution in [3.8, 4) is 0 Å². The summed E-state index contributed by atoms with van der Waals surface area (Å²) in [6.45, 7) is 2.14. The van der Waals surface area contributed by atoms with Gasteiger partial charge < -0.3 is 4.74 Å². The largest absolute Gasteiger partial charge is 0.380 e. The van der Waals surface area contributed by atoms with Crippen LogP contribution in [0.1, 0.15) is 12.8 Å². The molecule has 2 heterocycles. The summed E-state index contributed by atoms with van der Waals surface area (Å²) in [6, 6.07) is 0. The van der Waals surface area contributed by atoms with Crippen LogP contribution in [0.4, 0.5) is 0 Å². The predicted molar refractivity (Wildman–Crippen MR) is 42.2 cm³/mol. The maximum absolute atomic E-state index is 5.57. The molecule has 3 fully saturated rings. The molecule has 0 bridgehead atoms. The second-order valence-electron chi connectivity index (χ2n) is 4.05. The van der Waals surface area contributed by atoms with Crippen LogP contribution in [0.25, 0.3) is 0 Å². The Bertz CT molecular complexity index is 150. The van der Waals surface area contributed by atoms with E-state index in [2.05, 4.69) is 11.8 Å². The molecule has 0 radical (unpaired) electrons. The van der Waals surface area contributed by atoms with Crippen molar-refractivity contribution in [3.63, 3.8) is 0 Å². The van der Waals surface area contributed by atoms with Crippen molar-refractivity contribution in [2.75, 3.05) is 24.7 Å². The molecule has 3 aliphatic rings. The van der Waals surface area contributed by atoms with Gasteiger partial charge in [-0.05, 0) is 12.8 Å². The van der Waals surface area contributed by atoms with Gasteiger partial charge in [-0.15, -0.1) is 0 Å². The molecule has 0 amide bonds. The van der Waals surface area contributed by atoms with Crippen LogP contribution in [0.3, 0.4) is 0 Å². The molecule has 0 aromatic carbocycles. The normalized spacial score (nSPS) is 57.6. The van der Waals surface area contributed by atoms with E-state index in [1.54, 1.807) is 0 Å². The molecular formula is C8H12OS. The molecule has 10 heavy (non-hydrogen) atoms. The van der Waals surface area contributed by atoms with Gasteiger partial charge >= 0.3 is 0 Å². The summed E-state index contributed by atoms with van der Waals surface area (Å²) in [5, 5.41) is 0. The van der Waals surface area contributed by atoms with Crippen LogP contribution in [0.2, 0.25) is 0 Å². The first kappa shape index (κ1) is 5.90. The number of hydrogen-bond donors (Lipinski definition) is 0. The highest BCUT2D eigenvalue weighted by atomic mass is 32.2. The third-order valence-corrected chi connectivity index (χ3v) is 5.23. The Hall–Kier alpha value is 0.310. The molecule has 0 aromatic rings. The van der Waals surface area contributed by atoms with Crippen LogP contribution in [0.15, 0.2) is 0 Å². The lowest BCUT2D eigenvalue weighted by Gasteiger charge is -2.48. The zero-order chi connectivity index (χ0) is 6.66. The summed E-state index contributed by atoms with van der Waals surface area (Å²) in [4.78, 5) is 0. The van der Waals surface area contributed by atoms with Crippen LogP contribution in [-0.4, -0.2) is 24.7 Å². The van der Waals surface area contributed by atoms with Crippen LogP contribution in [0, 0.1) is 10.8 Å². The van der Waals surface area contributed by atoms with Crippen LogP contribution in [0.5, 0.6) is 0 Å². The highest BCUT2D eigenvalue weighted by Gasteiger charge is 2.65. The second-order valence-corrected chi connectivity index (χ2v) is 5.03. The zero-order valence-electron chi connectivity index (χ0n) is 6.06. The molecule has 0 N–H and O–H groups in total. The van der Waals surface area contributed by atoms with Crippen molar-refractivity contribution >= 4 is 11.8 Å². The highest BCUT2D eigenvalue weighted by molar-refractivity contribution is 7.99. The van der Waals surface area contributed by atoms with E-state index in [9.17, 15) is 0 Å². The van der Waals surface area contributed by atoms with Gasteiger partial charge in [-0.2, -0.15) is 11.8 Å².